The van der Waals surface area contributed by atoms with Crippen LogP contribution >= 0.6 is 0 Å². The van der Waals surface area contributed by atoms with Gasteiger partial charge in [0.05, 0.1) is 6.54 Å². The van der Waals surface area contributed by atoms with Crippen molar-refractivity contribution in [2.24, 2.45) is 5.92 Å². The maximum atomic E-state index is 11.8. The molecule has 5 heteroatoms. The van der Waals surface area contributed by atoms with Crippen LogP contribution in [-0.2, 0) is 9.59 Å². The second kappa shape index (κ2) is 5.30. The van der Waals surface area contributed by atoms with E-state index < -0.39 is 12.0 Å². The summed E-state index contributed by atoms with van der Waals surface area (Å²) in [4.78, 5) is 26.1. The lowest BCUT2D eigenvalue weighted by atomic mass is 10.1. The Balaban J connectivity index is 2.68. The molecule has 92 valence electrons. The molecule has 0 aliphatic carbocycles. The maximum absolute atomic E-state index is 11.8. The van der Waals surface area contributed by atoms with Crippen LogP contribution < -0.4 is 0 Å². The Hall–Kier alpha value is -1.10. The largest absolute Gasteiger partial charge is 0.480 e. The van der Waals surface area contributed by atoms with E-state index in [-0.39, 0.29) is 5.91 Å². The molecule has 1 aliphatic heterocycles. The smallest absolute Gasteiger partial charge is 0.327 e. The van der Waals surface area contributed by atoms with Gasteiger partial charge in [-0.1, -0.05) is 13.8 Å². The topological polar surface area (TPSA) is 60.9 Å². The van der Waals surface area contributed by atoms with Gasteiger partial charge in [0.15, 0.2) is 0 Å². The molecule has 1 amide bonds. The molecule has 1 heterocycles. The summed E-state index contributed by atoms with van der Waals surface area (Å²) in [7, 11) is 1.77. The normalized spacial score (nSPS) is 22.9. The fraction of sp³-hybridized carbons (Fsp3) is 0.818. The Labute approximate surface area is 96.0 Å². The Morgan fingerprint density at radius 1 is 1.56 bits per heavy atom. The quantitative estimate of drug-likeness (QED) is 0.749. The Morgan fingerprint density at radius 3 is 2.69 bits per heavy atom. The molecule has 1 atom stereocenters. The molecule has 5 nitrogen and oxygen atoms in total. The fourth-order valence-electron chi connectivity index (χ4n) is 1.84. The lowest BCUT2D eigenvalue weighted by Crippen LogP contribution is -2.58. The highest BCUT2D eigenvalue weighted by atomic mass is 16.4. The van der Waals surface area contributed by atoms with Gasteiger partial charge in [0.25, 0.3) is 0 Å². The van der Waals surface area contributed by atoms with Crippen LogP contribution in [0.4, 0.5) is 0 Å². The van der Waals surface area contributed by atoms with Gasteiger partial charge in [0.2, 0.25) is 5.91 Å². The van der Waals surface area contributed by atoms with E-state index in [1.807, 2.05) is 0 Å². The Bertz CT molecular complexity index is 278. The van der Waals surface area contributed by atoms with Crippen LogP contribution in [0.5, 0.6) is 0 Å². The summed E-state index contributed by atoms with van der Waals surface area (Å²) in [6.07, 6.45) is 0.846. The van der Waals surface area contributed by atoms with Crippen molar-refractivity contribution in [3.63, 3.8) is 0 Å². The minimum atomic E-state index is -0.913. The standard InChI is InChI=1S/C11H20N2O3/c1-8(2)4-5-13-9(11(15)16)6-12(3)7-10(13)14/h8-9H,4-7H2,1-3H3,(H,15,16). The zero-order chi connectivity index (χ0) is 12.3. The molecule has 1 unspecified atom stereocenters. The predicted molar refractivity (Wildman–Crippen MR) is 60.1 cm³/mol. The van der Waals surface area contributed by atoms with Crippen molar-refractivity contribution in [3.8, 4) is 0 Å². The number of amides is 1. The van der Waals surface area contributed by atoms with Gasteiger partial charge < -0.3 is 10.0 Å². The number of carboxylic acids is 1. The van der Waals surface area contributed by atoms with Crippen LogP contribution in [0.15, 0.2) is 0 Å². The molecule has 1 aliphatic rings. The molecule has 0 aromatic carbocycles. The third-order valence-electron chi connectivity index (χ3n) is 2.82. The molecular weight excluding hydrogens is 208 g/mol. The van der Waals surface area contributed by atoms with E-state index in [0.29, 0.717) is 25.6 Å². The van der Waals surface area contributed by atoms with Crippen molar-refractivity contribution >= 4 is 11.9 Å². The van der Waals surface area contributed by atoms with E-state index in [1.54, 1.807) is 11.9 Å². The van der Waals surface area contributed by atoms with E-state index in [4.69, 9.17) is 5.11 Å². The first-order valence-electron chi connectivity index (χ1n) is 5.62. The average Bonchev–Trinajstić information content (AvgIpc) is 2.14. The molecule has 1 saturated heterocycles. The monoisotopic (exact) mass is 228 g/mol. The van der Waals surface area contributed by atoms with Crippen molar-refractivity contribution in [1.29, 1.82) is 0 Å². The van der Waals surface area contributed by atoms with E-state index in [2.05, 4.69) is 13.8 Å². The molecule has 0 aromatic rings. The molecule has 0 spiro atoms. The number of carboxylic acid groups (broad SMARTS) is 1. The number of nitrogens with zero attached hydrogens (tertiary/aromatic N) is 2. The van der Waals surface area contributed by atoms with Crippen LogP contribution in [0.25, 0.3) is 0 Å². The molecule has 1 N–H and O–H groups in total. The summed E-state index contributed by atoms with van der Waals surface area (Å²) in [5.41, 5.74) is 0. The van der Waals surface area contributed by atoms with Crippen LogP contribution in [0.1, 0.15) is 20.3 Å². The van der Waals surface area contributed by atoms with Gasteiger partial charge in [-0.05, 0) is 19.4 Å². The number of hydrogen-bond acceptors (Lipinski definition) is 3. The van der Waals surface area contributed by atoms with Gasteiger partial charge in [-0.15, -0.1) is 0 Å². The molecule has 0 radical (unpaired) electrons. The van der Waals surface area contributed by atoms with Gasteiger partial charge in [-0.2, -0.15) is 0 Å². The summed E-state index contributed by atoms with van der Waals surface area (Å²) in [6, 6.07) is -0.690. The Morgan fingerprint density at radius 2 is 2.19 bits per heavy atom. The van der Waals surface area contributed by atoms with E-state index in [0.717, 1.165) is 6.42 Å². The summed E-state index contributed by atoms with van der Waals surface area (Å²) in [5.74, 6) is -0.521. The molecular formula is C11H20N2O3. The number of carbonyl (C=O) groups excluding carboxylic acids is 1. The lowest BCUT2D eigenvalue weighted by Gasteiger charge is -2.37. The lowest BCUT2D eigenvalue weighted by molar-refractivity contribution is -0.155. The zero-order valence-corrected chi connectivity index (χ0v) is 10.1. The first kappa shape index (κ1) is 13.0. The van der Waals surface area contributed by atoms with Crippen LogP contribution in [0, 0.1) is 5.92 Å². The summed E-state index contributed by atoms with van der Waals surface area (Å²) < 4.78 is 0. The minimum Gasteiger partial charge on any atom is -0.480 e. The predicted octanol–water partition coefficient (Wildman–Crippen LogP) is 0.260. The highest BCUT2D eigenvalue weighted by molar-refractivity contribution is 5.86. The number of aliphatic carboxylic acids is 1. The van der Waals surface area contributed by atoms with Crippen molar-refractivity contribution in [2.75, 3.05) is 26.7 Å². The minimum absolute atomic E-state index is 0.0817. The first-order chi connectivity index (χ1) is 7.41. The summed E-state index contributed by atoms with van der Waals surface area (Å²) in [5, 5.41) is 9.09. The molecule has 16 heavy (non-hydrogen) atoms. The number of piperazine rings is 1. The van der Waals surface area contributed by atoms with Crippen molar-refractivity contribution in [3.05, 3.63) is 0 Å². The fourth-order valence-corrected chi connectivity index (χ4v) is 1.84. The second-order valence-electron chi connectivity index (χ2n) is 4.82. The SMILES string of the molecule is CC(C)CCN1C(=O)CN(C)CC1C(=O)O. The highest BCUT2D eigenvalue weighted by Crippen LogP contribution is 2.12. The third kappa shape index (κ3) is 3.20. The highest BCUT2D eigenvalue weighted by Gasteiger charge is 2.35. The van der Waals surface area contributed by atoms with Crippen molar-refractivity contribution in [1.82, 2.24) is 9.80 Å². The molecule has 0 aromatic heterocycles. The van der Waals surface area contributed by atoms with E-state index >= 15 is 0 Å². The maximum Gasteiger partial charge on any atom is 0.327 e. The first-order valence-corrected chi connectivity index (χ1v) is 5.62. The summed E-state index contributed by atoms with van der Waals surface area (Å²) >= 11 is 0. The van der Waals surface area contributed by atoms with Gasteiger partial charge in [0, 0.05) is 13.1 Å². The average molecular weight is 228 g/mol. The van der Waals surface area contributed by atoms with Crippen molar-refractivity contribution < 1.29 is 14.7 Å². The van der Waals surface area contributed by atoms with Crippen LogP contribution in [0.2, 0.25) is 0 Å². The van der Waals surface area contributed by atoms with Crippen molar-refractivity contribution in [2.45, 2.75) is 26.3 Å². The molecule has 0 bridgehead atoms. The number of hydrogen-bond donors (Lipinski definition) is 1. The van der Waals surface area contributed by atoms with Gasteiger partial charge in [-0.3, -0.25) is 9.69 Å². The number of rotatable bonds is 4. The molecule has 1 rings (SSSR count). The van der Waals surface area contributed by atoms with Crippen LogP contribution in [0.3, 0.4) is 0 Å². The van der Waals surface area contributed by atoms with Gasteiger partial charge in [0.1, 0.15) is 6.04 Å². The van der Waals surface area contributed by atoms with E-state index in [1.165, 1.54) is 4.90 Å². The molecule has 1 fully saturated rings. The van der Waals surface area contributed by atoms with Gasteiger partial charge >= 0.3 is 5.97 Å². The van der Waals surface area contributed by atoms with E-state index in [9.17, 15) is 9.59 Å². The van der Waals surface area contributed by atoms with Crippen LogP contribution in [-0.4, -0.2) is 59.5 Å². The Kier molecular flexibility index (Phi) is 4.29. The van der Waals surface area contributed by atoms with Gasteiger partial charge in [-0.25, -0.2) is 4.79 Å². The zero-order valence-electron chi connectivity index (χ0n) is 10.1. The number of carbonyl (C=O) groups is 2. The second-order valence-corrected chi connectivity index (χ2v) is 4.82. The number of likely N-dealkylation sites (N-methyl/N-ethyl adjacent to an activating group) is 1. The summed E-state index contributed by atoms with van der Waals surface area (Å²) in [6.45, 7) is 5.41. The third-order valence-corrected chi connectivity index (χ3v) is 2.82. The molecule has 0 saturated carbocycles.